The highest BCUT2D eigenvalue weighted by Gasteiger charge is 2.20. The van der Waals surface area contributed by atoms with Gasteiger partial charge in [0, 0.05) is 20.3 Å². The van der Waals surface area contributed by atoms with Crippen molar-refractivity contribution in [1.82, 2.24) is 29.9 Å². The van der Waals surface area contributed by atoms with Gasteiger partial charge in [-0.2, -0.15) is 0 Å². The summed E-state index contributed by atoms with van der Waals surface area (Å²) in [4.78, 5) is 22.9. The Morgan fingerprint density at radius 1 is 1.18 bits per heavy atom. The van der Waals surface area contributed by atoms with Gasteiger partial charge in [0.05, 0.1) is 29.7 Å². The Bertz CT molecular complexity index is 1080. The molecule has 0 atom stereocenters. The maximum Gasteiger partial charge on any atom is 0.410 e. The van der Waals surface area contributed by atoms with Crippen LogP contribution < -0.4 is 4.74 Å². The normalized spacial score (nSPS) is 14.2. The molecule has 0 radical (unpaired) electrons. The van der Waals surface area contributed by atoms with Crippen molar-refractivity contribution in [2.45, 2.75) is 58.3 Å². The lowest BCUT2D eigenvalue weighted by Crippen LogP contribution is -2.27. The first-order valence-electron chi connectivity index (χ1n) is 11.3. The third-order valence-corrected chi connectivity index (χ3v) is 5.84. The number of hydrogen-bond donors (Lipinski definition) is 0. The third-order valence-electron chi connectivity index (χ3n) is 5.84. The van der Waals surface area contributed by atoms with Gasteiger partial charge >= 0.3 is 6.09 Å². The maximum absolute atomic E-state index is 12.5. The van der Waals surface area contributed by atoms with Crippen LogP contribution in [-0.2, 0) is 24.9 Å². The summed E-state index contributed by atoms with van der Waals surface area (Å²) in [6, 6.07) is 9.41. The van der Waals surface area contributed by atoms with Gasteiger partial charge < -0.3 is 14.4 Å². The summed E-state index contributed by atoms with van der Waals surface area (Å²) in [6.07, 6.45) is 7.41. The van der Waals surface area contributed by atoms with Crippen LogP contribution >= 0.6 is 0 Å². The van der Waals surface area contributed by atoms with E-state index in [2.05, 4.69) is 15.3 Å². The number of aryl methyl sites for hydroxylation is 2. The lowest BCUT2D eigenvalue weighted by atomic mass is 9.98. The van der Waals surface area contributed by atoms with Crippen molar-refractivity contribution in [3.05, 3.63) is 53.6 Å². The summed E-state index contributed by atoms with van der Waals surface area (Å²) in [5, 5.41) is 8.37. The number of hydrogen-bond acceptors (Lipinski definition) is 7. The molecule has 1 fully saturated rings. The van der Waals surface area contributed by atoms with Crippen LogP contribution in [0.4, 0.5) is 4.79 Å². The molecule has 1 aliphatic carbocycles. The fraction of sp³-hybridized carbons (Fsp3) is 0.458. The standard InChI is InChI=1S/C24H30N6O3/c1-17-22(33-19-10-5-4-6-11-19)13-12-20(26-17)23-21(30(3)28-27-23)16-32-24(31)29(2)15-18-9-7-8-14-25-18/h7-9,12-14,19H,4-6,10-11,15-16H2,1-3H3. The molecule has 0 unspecified atom stereocenters. The Hall–Kier alpha value is -3.49. The monoisotopic (exact) mass is 450 g/mol. The van der Waals surface area contributed by atoms with Gasteiger partial charge in [0.2, 0.25) is 0 Å². The number of amides is 1. The summed E-state index contributed by atoms with van der Waals surface area (Å²) in [6.45, 7) is 2.33. The summed E-state index contributed by atoms with van der Waals surface area (Å²) < 4.78 is 13.3. The van der Waals surface area contributed by atoms with Crippen molar-refractivity contribution in [2.75, 3.05) is 7.05 Å². The maximum atomic E-state index is 12.5. The van der Waals surface area contributed by atoms with Crippen LogP contribution in [0.5, 0.6) is 5.75 Å². The molecule has 33 heavy (non-hydrogen) atoms. The summed E-state index contributed by atoms with van der Waals surface area (Å²) >= 11 is 0. The average molecular weight is 451 g/mol. The van der Waals surface area contributed by atoms with Crippen LogP contribution in [0.25, 0.3) is 11.4 Å². The second-order valence-electron chi connectivity index (χ2n) is 8.40. The molecule has 4 rings (SSSR count). The zero-order valence-electron chi connectivity index (χ0n) is 19.4. The summed E-state index contributed by atoms with van der Waals surface area (Å²) in [5.41, 5.74) is 3.52. The minimum absolute atomic E-state index is 0.0330. The van der Waals surface area contributed by atoms with Gasteiger partial charge in [-0.15, -0.1) is 5.10 Å². The largest absolute Gasteiger partial charge is 0.489 e. The van der Waals surface area contributed by atoms with E-state index in [0.717, 1.165) is 30.0 Å². The molecule has 3 aromatic heterocycles. The highest BCUT2D eigenvalue weighted by Crippen LogP contribution is 2.28. The molecule has 0 saturated heterocycles. The summed E-state index contributed by atoms with van der Waals surface area (Å²) in [5.74, 6) is 0.804. The molecule has 0 N–H and O–H groups in total. The summed E-state index contributed by atoms with van der Waals surface area (Å²) in [7, 11) is 3.44. The van der Waals surface area contributed by atoms with Crippen molar-refractivity contribution in [2.24, 2.45) is 7.05 Å². The fourth-order valence-corrected chi connectivity index (χ4v) is 3.94. The minimum atomic E-state index is -0.451. The van der Waals surface area contributed by atoms with Crippen molar-refractivity contribution >= 4 is 6.09 Å². The van der Waals surface area contributed by atoms with Gasteiger partial charge in [-0.1, -0.05) is 17.7 Å². The second-order valence-corrected chi connectivity index (χ2v) is 8.40. The highest BCUT2D eigenvalue weighted by molar-refractivity contribution is 5.67. The molecule has 0 spiro atoms. The van der Waals surface area contributed by atoms with Crippen molar-refractivity contribution < 1.29 is 14.3 Å². The molecule has 0 bridgehead atoms. The molecule has 1 aliphatic rings. The van der Waals surface area contributed by atoms with Crippen LogP contribution in [-0.4, -0.2) is 49.1 Å². The van der Waals surface area contributed by atoms with Crippen LogP contribution in [0.2, 0.25) is 0 Å². The van der Waals surface area contributed by atoms with Gasteiger partial charge in [0.15, 0.2) is 0 Å². The Morgan fingerprint density at radius 3 is 2.73 bits per heavy atom. The first kappa shape index (κ1) is 22.7. The highest BCUT2D eigenvalue weighted by atomic mass is 16.6. The molecule has 0 aliphatic heterocycles. The molecule has 174 valence electrons. The van der Waals surface area contributed by atoms with E-state index in [1.807, 2.05) is 37.3 Å². The van der Waals surface area contributed by atoms with E-state index in [1.165, 1.54) is 24.2 Å². The molecular formula is C24H30N6O3. The lowest BCUT2D eigenvalue weighted by molar-refractivity contribution is 0.100. The van der Waals surface area contributed by atoms with E-state index < -0.39 is 6.09 Å². The van der Waals surface area contributed by atoms with Gasteiger partial charge in [0.1, 0.15) is 23.7 Å². The van der Waals surface area contributed by atoms with Gasteiger partial charge in [0.25, 0.3) is 0 Å². The molecule has 9 heteroatoms. The smallest absolute Gasteiger partial charge is 0.410 e. The number of ether oxygens (including phenoxy) is 2. The molecule has 9 nitrogen and oxygen atoms in total. The zero-order chi connectivity index (χ0) is 23.2. The Morgan fingerprint density at radius 2 is 2.00 bits per heavy atom. The molecule has 0 aromatic carbocycles. The lowest BCUT2D eigenvalue weighted by Gasteiger charge is -2.23. The van der Waals surface area contributed by atoms with E-state index in [1.54, 1.807) is 25.0 Å². The van der Waals surface area contributed by atoms with Crippen molar-refractivity contribution in [1.29, 1.82) is 0 Å². The number of rotatable bonds is 7. The third kappa shape index (κ3) is 5.66. The predicted octanol–water partition coefficient (Wildman–Crippen LogP) is 4.06. The van der Waals surface area contributed by atoms with Gasteiger partial charge in [-0.25, -0.2) is 14.5 Å². The fourth-order valence-electron chi connectivity index (χ4n) is 3.94. The van der Waals surface area contributed by atoms with E-state index in [-0.39, 0.29) is 12.7 Å². The van der Waals surface area contributed by atoms with Crippen molar-refractivity contribution in [3.8, 4) is 17.1 Å². The molecule has 1 amide bonds. The van der Waals surface area contributed by atoms with Crippen LogP contribution in [0, 0.1) is 6.92 Å². The van der Waals surface area contributed by atoms with E-state index >= 15 is 0 Å². The average Bonchev–Trinajstić information content (AvgIpc) is 3.20. The van der Waals surface area contributed by atoms with Crippen LogP contribution in [0.3, 0.4) is 0 Å². The molecule has 1 saturated carbocycles. The van der Waals surface area contributed by atoms with E-state index in [4.69, 9.17) is 14.5 Å². The first-order chi connectivity index (χ1) is 16.0. The number of carbonyl (C=O) groups is 1. The number of pyridine rings is 2. The molecule has 3 aromatic rings. The molecular weight excluding hydrogens is 420 g/mol. The predicted molar refractivity (Wildman–Crippen MR) is 122 cm³/mol. The number of nitrogens with zero attached hydrogens (tertiary/aromatic N) is 6. The van der Waals surface area contributed by atoms with Gasteiger partial charge in [-0.05, 0) is 56.9 Å². The Kier molecular flexibility index (Phi) is 7.16. The van der Waals surface area contributed by atoms with Gasteiger partial charge in [-0.3, -0.25) is 4.98 Å². The van der Waals surface area contributed by atoms with Crippen molar-refractivity contribution in [3.63, 3.8) is 0 Å². The topological polar surface area (TPSA) is 95.3 Å². The molecule has 3 heterocycles. The number of aromatic nitrogens is 5. The first-order valence-corrected chi connectivity index (χ1v) is 11.3. The zero-order valence-corrected chi connectivity index (χ0v) is 19.4. The minimum Gasteiger partial charge on any atom is -0.489 e. The quantitative estimate of drug-likeness (QED) is 0.536. The van der Waals surface area contributed by atoms with Crippen LogP contribution in [0.1, 0.15) is 49.2 Å². The SMILES string of the molecule is Cc1nc(-c2nnn(C)c2COC(=O)N(C)Cc2ccccn2)ccc1OC1CCCCC1. The number of carbonyl (C=O) groups excluding carboxylic acids is 1. The Labute approximate surface area is 193 Å². The second kappa shape index (κ2) is 10.4. The van der Waals surface area contributed by atoms with Crippen LogP contribution in [0.15, 0.2) is 36.5 Å². The Balaban J connectivity index is 1.42. The van der Waals surface area contributed by atoms with E-state index in [9.17, 15) is 4.79 Å². The van der Waals surface area contributed by atoms with E-state index in [0.29, 0.717) is 23.6 Å².